The van der Waals surface area contributed by atoms with Crippen LogP contribution in [-0.4, -0.2) is 52.2 Å². The first-order chi connectivity index (χ1) is 15.7. The van der Waals surface area contributed by atoms with Crippen LogP contribution in [0.3, 0.4) is 0 Å². The number of hydrogen-bond donors (Lipinski definition) is 2. The molecule has 3 aromatic rings. The third-order valence-electron chi connectivity index (χ3n) is 5.94. The average molecular weight is 467 g/mol. The molecule has 3 N–H and O–H groups in total. The van der Waals surface area contributed by atoms with E-state index in [0.717, 1.165) is 45.7 Å². The van der Waals surface area contributed by atoms with E-state index in [9.17, 15) is 9.59 Å². The topological polar surface area (TPSA) is 104 Å². The van der Waals surface area contributed by atoms with Crippen LogP contribution in [0, 0.1) is 12.8 Å². The highest BCUT2D eigenvalue weighted by atomic mass is 32.1. The monoisotopic (exact) mass is 466 g/mol. The van der Waals surface area contributed by atoms with Crippen molar-refractivity contribution >= 4 is 44.9 Å². The standard InChI is InChI=1S/C24H30N6O2S/c1-14-5-7-19(16-6-8-20-18(10-16)28-21(33-20)13-29(3)4)30(12-14)24(32)23(31)27-17-9-15(2)22(25)26-11-17/h6,8-11,14,19H,5,7,12-13H2,1-4H3,(H2,25,26)(H,27,31)/t14-,19+/m1/s1. The molecule has 33 heavy (non-hydrogen) atoms. The number of rotatable bonds is 4. The van der Waals surface area contributed by atoms with E-state index < -0.39 is 11.8 Å². The Hall–Kier alpha value is -3.04. The summed E-state index contributed by atoms with van der Waals surface area (Å²) in [5.74, 6) is -0.473. The Balaban J connectivity index is 1.57. The lowest BCUT2D eigenvalue weighted by Gasteiger charge is -2.38. The maximum atomic E-state index is 13.2. The molecule has 0 aliphatic carbocycles. The van der Waals surface area contributed by atoms with Crippen LogP contribution in [0.15, 0.2) is 30.5 Å². The highest BCUT2D eigenvalue weighted by Crippen LogP contribution is 2.35. The quantitative estimate of drug-likeness (QED) is 0.570. The highest BCUT2D eigenvalue weighted by molar-refractivity contribution is 7.18. The fourth-order valence-corrected chi connectivity index (χ4v) is 5.30. The van der Waals surface area contributed by atoms with E-state index in [0.29, 0.717) is 24.0 Å². The Bertz CT molecular complexity index is 1190. The minimum absolute atomic E-state index is 0.158. The van der Waals surface area contributed by atoms with Crippen LogP contribution < -0.4 is 11.1 Å². The SMILES string of the molecule is Cc1cc(NC(=O)C(=O)N2C[C@H](C)CC[C@H]2c2ccc3sc(CN(C)C)nc3c2)cnc1N. The van der Waals surface area contributed by atoms with Crippen LogP contribution in [0.5, 0.6) is 0 Å². The molecule has 1 fully saturated rings. The second kappa shape index (κ2) is 9.44. The third-order valence-corrected chi connectivity index (χ3v) is 6.96. The summed E-state index contributed by atoms with van der Waals surface area (Å²) in [6.45, 7) is 5.25. The van der Waals surface area contributed by atoms with Crippen LogP contribution in [0.25, 0.3) is 10.2 Å². The molecule has 0 bridgehead atoms. The number of benzene rings is 1. The number of fused-ring (bicyclic) bond motifs is 1. The molecule has 0 spiro atoms. The number of carbonyl (C=O) groups is 2. The second-order valence-electron chi connectivity index (χ2n) is 9.11. The fourth-order valence-electron chi connectivity index (χ4n) is 4.23. The van der Waals surface area contributed by atoms with E-state index in [1.165, 1.54) is 6.20 Å². The lowest BCUT2D eigenvalue weighted by atomic mass is 9.89. The van der Waals surface area contributed by atoms with Gasteiger partial charge in [-0.25, -0.2) is 9.97 Å². The molecule has 0 radical (unpaired) electrons. The number of nitrogens with two attached hydrogens (primary N) is 1. The fraction of sp³-hybridized carbons (Fsp3) is 0.417. The van der Waals surface area contributed by atoms with E-state index in [4.69, 9.17) is 10.7 Å². The average Bonchev–Trinajstić information content (AvgIpc) is 3.16. The molecule has 2 atom stereocenters. The van der Waals surface area contributed by atoms with Crippen molar-refractivity contribution < 1.29 is 9.59 Å². The number of piperidine rings is 1. The summed E-state index contributed by atoms with van der Waals surface area (Å²) in [6, 6.07) is 7.76. The largest absolute Gasteiger partial charge is 0.383 e. The van der Waals surface area contributed by atoms with Gasteiger partial charge in [0.2, 0.25) is 0 Å². The first-order valence-corrected chi connectivity index (χ1v) is 11.9. The van der Waals surface area contributed by atoms with Gasteiger partial charge in [-0.05, 0) is 69.1 Å². The van der Waals surface area contributed by atoms with Gasteiger partial charge in [0.1, 0.15) is 10.8 Å². The molecule has 9 heteroatoms. The number of nitrogens with one attached hydrogen (secondary N) is 1. The van der Waals surface area contributed by atoms with Crippen molar-refractivity contribution in [3.63, 3.8) is 0 Å². The lowest BCUT2D eigenvalue weighted by Crippen LogP contribution is -2.46. The lowest BCUT2D eigenvalue weighted by molar-refractivity contribution is -0.146. The number of aryl methyl sites for hydroxylation is 1. The van der Waals surface area contributed by atoms with Crippen molar-refractivity contribution in [2.45, 2.75) is 39.3 Å². The molecular formula is C24H30N6O2S. The molecule has 4 rings (SSSR count). The zero-order valence-corrected chi connectivity index (χ0v) is 20.3. The molecule has 174 valence electrons. The van der Waals surface area contributed by atoms with Gasteiger partial charge in [0.15, 0.2) is 0 Å². The number of carbonyl (C=O) groups excluding carboxylic acids is 2. The minimum atomic E-state index is -0.664. The van der Waals surface area contributed by atoms with Crippen LogP contribution >= 0.6 is 11.3 Å². The van der Waals surface area contributed by atoms with Gasteiger partial charge >= 0.3 is 11.8 Å². The van der Waals surface area contributed by atoms with E-state index in [-0.39, 0.29) is 6.04 Å². The van der Waals surface area contributed by atoms with Crippen LogP contribution in [0.1, 0.15) is 41.9 Å². The Kier molecular flexibility index (Phi) is 6.62. The van der Waals surface area contributed by atoms with Gasteiger partial charge in [0.05, 0.1) is 28.1 Å². The summed E-state index contributed by atoms with van der Waals surface area (Å²) in [7, 11) is 4.05. The van der Waals surface area contributed by atoms with Crippen molar-refractivity contribution in [1.29, 1.82) is 0 Å². The van der Waals surface area contributed by atoms with E-state index in [1.54, 1.807) is 29.2 Å². The van der Waals surface area contributed by atoms with Crippen molar-refractivity contribution in [3.8, 4) is 0 Å². The maximum absolute atomic E-state index is 13.2. The van der Waals surface area contributed by atoms with Gasteiger partial charge in [-0.3, -0.25) is 9.59 Å². The molecule has 0 unspecified atom stereocenters. The van der Waals surface area contributed by atoms with Gasteiger partial charge in [0.25, 0.3) is 0 Å². The van der Waals surface area contributed by atoms with E-state index in [2.05, 4.69) is 40.3 Å². The van der Waals surface area contributed by atoms with Crippen molar-refractivity contribution in [1.82, 2.24) is 19.8 Å². The summed E-state index contributed by atoms with van der Waals surface area (Å²) >= 11 is 1.68. The predicted molar refractivity (Wildman–Crippen MR) is 132 cm³/mol. The second-order valence-corrected chi connectivity index (χ2v) is 10.2. The Morgan fingerprint density at radius 3 is 2.79 bits per heavy atom. The van der Waals surface area contributed by atoms with Gasteiger partial charge < -0.3 is 20.9 Å². The number of likely N-dealkylation sites (tertiary alicyclic amines) is 1. The minimum Gasteiger partial charge on any atom is -0.383 e. The summed E-state index contributed by atoms with van der Waals surface area (Å²) < 4.78 is 1.13. The number of thiazole rings is 1. The Labute approximate surface area is 197 Å². The number of amides is 2. The zero-order valence-electron chi connectivity index (χ0n) is 19.5. The molecule has 1 aliphatic heterocycles. The van der Waals surface area contributed by atoms with Gasteiger partial charge in [-0.15, -0.1) is 11.3 Å². The predicted octanol–water partition coefficient (Wildman–Crippen LogP) is 3.58. The molecule has 8 nitrogen and oxygen atoms in total. The van der Waals surface area contributed by atoms with E-state index >= 15 is 0 Å². The maximum Gasteiger partial charge on any atom is 0.313 e. The van der Waals surface area contributed by atoms with Gasteiger partial charge in [-0.1, -0.05) is 13.0 Å². The van der Waals surface area contributed by atoms with Crippen LogP contribution in [0.4, 0.5) is 11.5 Å². The van der Waals surface area contributed by atoms with E-state index in [1.807, 2.05) is 14.1 Å². The molecule has 1 saturated heterocycles. The number of aromatic nitrogens is 2. The summed E-state index contributed by atoms with van der Waals surface area (Å²) in [4.78, 5) is 38.7. The summed E-state index contributed by atoms with van der Waals surface area (Å²) in [6.07, 6.45) is 3.27. The van der Waals surface area contributed by atoms with Crippen molar-refractivity contribution in [3.05, 3.63) is 46.6 Å². The number of nitrogen functional groups attached to an aromatic ring is 1. The normalized spacial score (nSPS) is 18.6. The molecule has 3 heterocycles. The van der Waals surface area contributed by atoms with Gasteiger partial charge in [-0.2, -0.15) is 0 Å². The summed E-state index contributed by atoms with van der Waals surface area (Å²) in [5.41, 5.74) is 8.91. The highest BCUT2D eigenvalue weighted by Gasteiger charge is 2.34. The van der Waals surface area contributed by atoms with Crippen molar-refractivity contribution in [2.75, 3.05) is 31.7 Å². The smallest absolute Gasteiger partial charge is 0.313 e. The van der Waals surface area contributed by atoms with Crippen LogP contribution in [-0.2, 0) is 16.1 Å². The molecule has 2 amide bonds. The van der Waals surface area contributed by atoms with Crippen molar-refractivity contribution in [2.24, 2.45) is 5.92 Å². The number of nitrogens with zero attached hydrogens (tertiary/aromatic N) is 4. The first-order valence-electron chi connectivity index (χ1n) is 11.1. The Morgan fingerprint density at radius 1 is 1.27 bits per heavy atom. The number of pyridine rings is 1. The van der Waals surface area contributed by atoms with Gasteiger partial charge in [0, 0.05) is 13.1 Å². The third kappa shape index (κ3) is 5.15. The summed E-state index contributed by atoms with van der Waals surface area (Å²) in [5, 5.41) is 3.74. The number of anilines is 2. The molecule has 0 saturated carbocycles. The molecule has 1 aliphatic rings. The number of hydrogen-bond acceptors (Lipinski definition) is 7. The molecular weight excluding hydrogens is 436 g/mol. The molecule has 1 aromatic carbocycles. The molecule has 2 aromatic heterocycles. The Morgan fingerprint density at radius 2 is 2.06 bits per heavy atom. The first kappa shape index (κ1) is 23.1. The zero-order chi connectivity index (χ0) is 23.7. The van der Waals surface area contributed by atoms with Crippen LogP contribution in [0.2, 0.25) is 0 Å².